The van der Waals surface area contributed by atoms with E-state index in [4.69, 9.17) is 5.73 Å². The van der Waals surface area contributed by atoms with Crippen LogP contribution in [0.4, 0.5) is 13.2 Å². The Bertz CT molecular complexity index is 564. The van der Waals surface area contributed by atoms with Gasteiger partial charge in [0.15, 0.2) is 11.3 Å². The van der Waals surface area contributed by atoms with Gasteiger partial charge >= 0.3 is 6.18 Å². The van der Waals surface area contributed by atoms with Crippen LogP contribution in [-0.4, -0.2) is 25.7 Å². The monoisotopic (exact) mass is 260 g/mol. The number of nitrogens with two attached hydrogens (primary N) is 1. The Hall–Kier alpha value is -1.67. The number of aliphatic hydroxyl groups is 1. The van der Waals surface area contributed by atoms with Gasteiger partial charge in [0.1, 0.15) is 0 Å². The van der Waals surface area contributed by atoms with E-state index in [0.717, 1.165) is 10.6 Å². The minimum absolute atomic E-state index is 0.0583. The van der Waals surface area contributed by atoms with Crippen LogP contribution in [-0.2, 0) is 6.18 Å². The van der Waals surface area contributed by atoms with Crippen molar-refractivity contribution in [3.05, 3.63) is 29.7 Å². The average molecular weight is 260 g/mol. The first-order valence-electron chi connectivity index (χ1n) is 5.15. The van der Waals surface area contributed by atoms with Gasteiger partial charge in [-0.05, 0) is 6.92 Å². The van der Waals surface area contributed by atoms with Gasteiger partial charge in [0.05, 0.1) is 6.10 Å². The lowest BCUT2D eigenvalue weighted by Crippen LogP contribution is -2.24. The summed E-state index contributed by atoms with van der Waals surface area (Å²) in [5.41, 5.74) is 4.85. The number of hydrogen-bond acceptors (Lipinski definition) is 4. The Balaban J connectivity index is 2.46. The summed E-state index contributed by atoms with van der Waals surface area (Å²) in [4.78, 5) is 3.80. The van der Waals surface area contributed by atoms with Gasteiger partial charge in [-0.2, -0.15) is 18.3 Å². The second-order valence-electron chi connectivity index (χ2n) is 4.02. The molecule has 0 aromatic carbocycles. The third-order valence-electron chi connectivity index (χ3n) is 2.46. The first kappa shape index (κ1) is 12.8. The van der Waals surface area contributed by atoms with Gasteiger partial charge in [0.2, 0.25) is 0 Å². The molecule has 0 saturated heterocycles. The molecule has 2 rings (SSSR count). The Morgan fingerprint density at radius 2 is 2.11 bits per heavy atom. The molecular weight excluding hydrogens is 249 g/mol. The van der Waals surface area contributed by atoms with Crippen molar-refractivity contribution < 1.29 is 18.3 Å². The predicted octanol–water partition coefficient (Wildman–Crippen LogP) is 1.13. The second kappa shape index (κ2) is 4.21. The van der Waals surface area contributed by atoms with Crippen LogP contribution in [0, 0.1) is 0 Å². The summed E-state index contributed by atoms with van der Waals surface area (Å²) >= 11 is 0. The van der Waals surface area contributed by atoms with Gasteiger partial charge in [-0.25, -0.2) is 9.50 Å². The number of nitrogens with zero attached hydrogens (tertiary/aromatic N) is 3. The number of aliphatic hydroxyl groups excluding tert-OH is 1. The molecule has 2 atom stereocenters. The number of alkyl halides is 3. The summed E-state index contributed by atoms with van der Waals surface area (Å²) in [6.07, 6.45) is -2.95. The van der Waals surface area contributed by atoms with E-state index in [2.05, 4.69) is 10.1 Å². The van der Waals surface area contributed by atoms with Crippen LogP contribution < -0.4 is 5.73 Å². The Kier molecular flexibility index (Phi) is 2.99. The molecule has 5 nitrogen and oxygen atoms in total. The van der Waals surface area contributed by atoms with E-state index in [-0.39, 0.29) is 5.65 Å². The summed E-state index contributed by atoms with van der Waals surface area (Å²) in [6.45, 7) is 1.58. The molecule has 18 heavy (non-hydrogen) atoms. The molecule has 0 aliphatic carbocycles. The van der Waals surface area contributed by atoms with E-state index >= 15 is 0 Å². The molecule has 0 radical (unpaired) electrons. The van der Waals surface area contributed by atoms with Crippen LogP contribution in [0.25, 0.3) is 5.65 Å². The quantitative estimate of drug-likeness (QED) is 0.848. The molecule has 0 fully saturated rings. The lowest BCUT2D eigenvalue weighted by Gasteiger charge is -2.13. The van der Waals surface area contributed by atoms with Crippen LogP contribution in [0.15, 0.2) is 18.5 Å². The van der Waals surface area contributed by atoms with Crippen molar-refractivity contribution in [1.82, 2.24) is 14.6 Å². The maximum absolute atomic E-state index is 12.4. The van der Waals surface area contributed by atoms with Crippen LogP contribution in [0.2, 0.25) is 0 Å². The summed E-state index contributed by atoms with van der Waals surface area (Å²) in [7, 11) is 0. The minimum Gasteiger partial charge on any atom is -0.387 e. The zero-order valence-corrected chi connectivity index (χ0v) is 9.39. The molecule has 2 unspecified atom stereocenters. The standard InChI is InChI=1S/C10H11F3N4O/c1-5(14)9(18)6-3-15-8-2-7(10(11,12)13)16-17(8)4-6/h2-5,9,18H,14H2,1H3. The third kappa shape index (κ3) is 2.29. The van der Waals surface area contributed by atoms with E-state index in [0.29, 0.717) is 5.56 Å². The summed E-state index contributed by atoms with van der Waals surface area (Å²) < 4.78 is 38.3. The van der Waals surface area contributed by atoms with Crippen LogP contribution >= 0.6 is 0 Å². The van der Waals surface area contributed by atoms with Crippen molar-refractivity contribution in [1.29, 1.82) is 0 Å². The molecule has 0 saturated carbocycles. The summed E-state index contributed by atoms with van der Waals surface area (Å²) in [6, 6.07) is 0.282. The molecule has 0 bridgehead atoms. The molecule has 98 valence electrons. The van der Waals surface area contributed by atoms with Crippen molar-refractivity contribution in [3.8, 4) is 0 Å². The van der Waals surface area contributed by atoms with Gasteiger partial charge < -0.3 is 10.8 Å². The SMILES string of the molecule is CC(N)C(O)c1cnc2cc(C(F)(F)F)nn2c1. The normalized spacial score (nSPS) is 15.9. The van der Waals surface area contributed by atoms with E-state index in [1.54, 1.807) is 6.92 Å². The average Bonchev–Trinajstić information content (AvgIpc) is 2.69. The van der Waals surface area contributed by atoms with Gasteiger partial charge in [0, 0.05) is 30.1 Å². The molecular formula is C10H11F3N4O. The van der Waals surface area contributed by atoms with E-state index in [1.165, 1.54) is 12.4 Å². The lowest BCUT2D eigenvalue weighted by molar-refractivity contribution is -0.141. The van der Waals surface area contributed by atoms with Crippen molar-refractivity contribution in [3.63, 3.8) is 0 Å². The zero-order chi connectivity index (χ0) is 13.5. The summed E-state index contributed by atoms with van der Waals surface area (Å²) in [5, 5.41) is 13.1. The number of aromatic nitrogens is 3. The molecule has 3 N–H and O–H groups in total. The van der Waals surface area contributed by atoms with E-state index in [1.807, 2.05) is 0 Å². The Morgan fingerprint density at radius 1 is 1.44 bits per heavy atom. The van der Waals surface area contributed by atoms with Crippen molar-refractivity contribution in [2.24, 2.45) is 5.73 Å². The molecule has 8 heteroatoms. The first-order valence-corrected chi connectivity index (χ1v) is 5.15. The molecule has 0 aliphatic heterocycles. The highest BCUT2D eigenvalue weighted by Gasteiger charge is 2.34. The maximum atomic E-state index is 12.4. The Morgan fingerprint density at radius 3 is 2.67 bits per heavy atom. The van der Waals surface area contributed by atoms with Crippen LogP contribution in [0.1, 0.15) is 24.3 Å². The van der Waals surface area contributed by atoms with Crippen molar-refractivity contribution >= 4 is 5.65 Å². The number of fused-ring (bicyclic) bond motifs is 1. The zero-order valence-electron chi connectivity index (χ0n) is 9.39. The predicted molar refractivity (Wildman–Crippen MR) is 56.6 cm³/mol. The van der Waals surface area contributed by atoms with Crippen LogP contribution in [0.5, 0.6) is 0 Å². The van der Waals surface area contributed by atoms with Gasteiger partial charge in [-0.1, -0.05) is 0 Å². The molecule has 0 aliphatic rings. The number of halogens is 3. The maximum Gasteiger partial charge on any atom is 0.435 e. The second-order valence-corrected chi connectivity index (χ2v) is 4.02. The first-order chi connectivity index (χ1) is 8.29. The highest BCUT2D eigenvalue weighted by molar-refractivity contribution is 5.40. The van der Waals surface area contributed by atoms with Crippen molar-refractivity contribution in [2.75, 3.05) is 0 Å². The molecule has 2 heterocycles. The topological polar surface area (TPSA) is 76.4 Å². The van der Waals surface area contributed by atoms with E-state index in [9.17, 15) is 18.3 Å². The van der Waals surface area contributed by atoms with Gasteiger partial charge in [-0.15, -0.1) is 0 Å². The Labute approximate surface area is 100 Å². The van der Waals surface area contributed by atoms with E-state index < -0.39 is 24.0 Å². The highest BCUT2D eigenvalue weighted by atomic mass is 19.4. The fourth-order valence-corrected chi connectivity index (χ4v) is 1.49. The largest absolute Gasteiger partial charge is 0.435 e. The van der Waals surface area contributed by atoms with Crippen LogP contribution in [0.3, 0.4) is 0 Å². The molecule has 2 aromatic heterocycles. The molecule has 2 aromatic rings. The smallest absolute Gasteiger partial charge is 0.387 e. The van der Waals surface area contributed by atoms with Gasteiger partial charge in [-0.3, -0.25) is 0 Å². The molecule has 0 amide bonds. The number of rotatable bonds is 2. The minimum atomic E-state index is -4.52. The van der Waals surface area contributed by atoms with Crippen molar-refractivity contribution in [2.45, 2.75) is 25.2 Å². The number of hydrogen-bond donors (Lipinski definition) is 2. The summed E-state index contributed by atoms with van der Waals surface area (Å²) in [5.74, 6) is 0. The highest BCUT2D eigenvalue weighted by Crippen LogP contribution is 2.28. The fraction of sp³-hybridized carbons (Fsp3) is 0.400. The molecule has 0 spiro atoms. The third-order valence-corrected chi connectivity index (χ3v) is 2.46. The fourth-order valence-electron chi connectivity index (χ4n) is 1.49. The lowest BCUT2D eigenvalue weighted by atomic mass is 10.1. The van der Waals surface area contributed by atoms with Gasteiger partial charge in [0.25, 0.3) is 0 Å².